The minimum atomic E-state index is 0.0292. The van der Waals surface area contributed by atoms with Gasteiger partial charge >= 0.3 is 0 Å². The summed E-state index contributed by atoms with van der Waals surface area (Å²) < 4.78 is 7.33. The van der Waals surface area contributed by atoms with Gasteiger partial charge in [-0.05, 0) is 43.9 Å². The SMILES string of the molecule is COc1ccc(C(=O)N2CCCC(Cn3c(C)cnc3-c3ccncc3)C2)cn1. The summed E-state index contributed by atoms with van der Waals surface area (Å²) in [5, 5.41) is 0. The summed E-state index contributed by atoms with van der Waals surface area (Å²) in [6, 6.07) is 7.46. The maximum Gasteiger partial charge on any atom is 0.255 e. The van der Waals surface area contributed by atoms with Crippen LogP contribution in [0.2, 0.25) is 0 Å². The summed E-state index contributed by atoms with van der Waals surface area (Å²) in [5.41, 5.74) is 2.78. The minimum absolute atomic E-state index is 0.0292. The van der Waals surface area contributed by atoms with Crippen LogP contribution in [0.3, 0.4) is 0 Å². The maximum absolute atomic E-state index is 12.9. The first-order valence-corrected chi connectivity index (χ1v) is 9.87. The molecule has 1 amide bonds. The van der Waals surface area contributed by atoms with Crippen molar-refractivity contribution in [3.05, 3.63) is 60.3 Å². The average molecular weight is 391 g/mol. The van der Waals surface area contributed by atoms with Crippen molar-refractivity contribution >= 4 is 5.91 Å². The highest BCUT2D eigenvalue weighted by Crippen LogP contribution is 2.25. The van der Waals surface area contributed by atoms with Crippen LogP contribution in [0, 0.1) is 12.8 Å². The number of carbonyl (C=O) groups excluding carboxylic acids is 1. The lowest BCUT2D eigenvalue weighted by molar-refractivity contribution is 0.0662. The van der Waals surface area contributed by atoms with Crippen molar-refractivity contribution in [3.8, 4) is 17.3 Å². The van der Waals surface area contributed by atoms with E-state index in [1.165, 1.54) is 0 Å². The minimum Gasteiger partial charge on any atom is -0.481 e. The van der Waals surface area contributed by atoms with E-state index in [9.17, 15) is 4.79 Å². The van der Waals surface area contributed by atoms with Crippen LogP contribution in [0.1, 0.15) is 28.9 Å². The predicted molar refractivity (Wildman–Crippen MR) is 110 cm³/mol. The van der Waals surface area contributed by atoms with Crippen molar-refractivity contribution in [2.24, 2.45) is 5.92 Å². The molecule has 0 aliphatic carbocycles. The monoisotopic (exact) mass is 391 g/mol. The second kappa shape index (κ2) is 8.43. The number of imidazole rings is 1. The standard InChI is InChI=1S/C22H25N5O2/c1-16-12-25-21(18-7-9-23-10-8-18)27(16)15-17-4-3-11-26(14-17)22(28)19-5-6-20(29-2)24-13-19/h5-10,12-13,17H,3-4,11,14-15H2,1-2H3. The Morgan fingerprint density at radius 3 is 2.72 bits per heavy atom. The number of hydrogen-bond acceptors (Lipinski definition) is 5. The normalized spacial score (nSPS) is 16.6. The molecule has 150 valence electrons. The number of likely N-dealkylation sites (tertiary alicyclic amines) is 1. The number of pyridine rings is 2. The summed E-state index contributed by atoms with van der Waals surface area (Å²) in [7, 11) is 1.57. The third kappa shape index (κ3) is 4.13. The summed E-state index contributed by atoms with van der Waals surface area (Å²) >= 11 is 0. The third-order valence-corrected chi connectivity index (χ3v) is 5.43. The largest absolute Gasteiger partial charge is 0.481 e. The quantitative estimate of drug-likeness (QED) is 0.668. The Kier molecular flexibility index (Phi) is 5.55. The lowest BCUT2D eigenvalue weighted by atomic mass is 9.97. The molecule has 0 saturated carbocycles. The summed E-state index contributed by atoms with van der Waals surface area (Å²) in [6.07, 6.45) is 9.16. The Balaban J connectivity index is 1.48. The topological polar surface area (TPSA) is 73.1 Å². The maximum atomic E-state index is 12.9. The number of methoxy groups -OCH3 is 1. The molecule has 0 bridgehead atoms. The summed E-state index contributed by atoms with van der Waals surface area (Å²) in [4.78, 5) is 27.7. The second-order valence-electron chi connectivity index (χ2n) is 7.42. The number of aryl methyl sites for hydroxylation is 1. The first-order chi connectivity index (χ1) is 14.2. The van der Waals surface area contributed by atoms with Gasteiger partial charge in [0.25, 0.3) is 5.91 Å². The van der Waals surface area contributed by atoms with E-state index in [4.69, 9.17) is 4.74 Å². The van der Waals surface area contributed by atoms with Gasteiger partial charge in [0, 0.05) is 61.7 Å². The molecule has 1 aliphatic heterocycles. The van der Waals surface area contributed by atoms with E-state index in [-0.39, 0.29) is 5.91 Å². The molecule has 0 N–H and O–H groups in total. The number of rotatable bonds is 5. The number of ether oxygens (including phenoxy) is 1. The molecule has 0 radical (unpaired) electrons. The number of amides is 1. The average Bonchev–Trinajstić information content (AvgIpc) is 3.14. The van der Waals surface area contributed by atoms with E-state index < -0.39 is 0 Å². The van der Waals surface area contributed by atoms with Crippen molar-refractivity contribution in [2.45, 2.75) is 26.3 Å². The molecular weight excluding hydrogens is 366 g/mol. The zero-order chi connectivity index (χ0) is 20.2. The van der Waals surface area contributed by atoms with Gasteiger partial charge in [-0.25, -0.2) is 9.97 Å². The van der Waals surface area contributed by atoms with E-state index in [1.54, 1.807) is 37.8 Å². The highest BCUT2D eigenvalue weighted by atomic mass is 16.5. The van der Waals surface area contributed by atoms with Gasteiger partial charge in [-0.15, -0.1) is 0 Å². The van der Waals surface area contributed by atoms with E-state index in [1.807, 2.05) is 23.2 Å². The first kappa shape index (κ1) is 19.1. The van der Waals surface area contributed by atoms with Crippen LogP contribution in [0.5, 0.6) is 5.88 Å². The number of aromatic nitrogens is 4. The zero-order valence-corrected chi connectivity index (χ0v) is 16.8. The van der Waals surface area contributed by atoms with Crippen LogP contribution in [-0.4, -0.2) is 50.5 Å². The highest BCUT2D eigenvalue weighted by molar-refractivity contribution is 5.94. The molecule has 3 aromatic rings. The fourth-order valence-electron chi connectivity index (χ4n) is 3.89. The van der Waals surface area contributed by atoms with Gasteiger partial charge in [0.05, 0.1) is 12.7 Å². The Labute approximate surface area is 170 Å². The molecule has 1 saturated heterocycles. The Morgan fingerprint density at radius 2 is 2.00 bits per heavy atom. The van der Waals surface area contributed by atoms with Gasteiger partial charge in [0.2, 0.25) is 5.88 Å². The van der Waals surface area contributed by atoms with Crippen molar-refractivity contribution in [1.82, 2.24) is 24.4 Å². The first-order valence-electron chi connectivity index (χ1n) is 9.87. The van der Waals surface area contributed by atoms with Crippen molar-refractivity contribution in [3.63, 3.8) is 0 Å². The molecule has 4 heterocycles. The van der Waals surface area contributed by atoms with E-state index >= 15 is 0 Å². The molecule has 7 nitrogen and oxygen atoms in total. The number of carbonyl (C=O) groups is 1. The van der Waals surface area contributed by atoms with Crippen molar-refractivity contribution in [1.29, 1.82) is 0 Å². The van der Waals surface area contributed by atoms with E-state index in [2.05, 4.69) is 26.4 Å². The van der Waals surface area contributed by atoms with Crippen LogP contribution in [0.4, 0.5) is 0 Å². The summed E-state index contributed by atoms with van der Waals surface area (Å²) in [5.74, 6) is 1.87. The van der Waals surface area contributed by atoms with Gasteiger partial charge in [0.15, 0.2) is 0 Å². The molecule has 0 spiro atoms. The van der Waals surface area contributed by atoms with Crippen molar-refractivity contribution in [2.75, 3.05) is 20.2 Å². The number of hydrogen-bond donors (Lipinski definition) is 0. The Morgan fingerprint density at radius 1 is 1.17 bits per heavy atom. The van der Waals surface area contributed by atoms with E-state index in [0.717, 1.165) is 49.6 Å². The molecule has 1 unspecified atom stereocenters. The smallest absolute Gasteiger partial charge is 0.255 e. The number of piperidine rings is 1. The van der Waals surface area contributed by atoms with Crippen LogP contribution in [0.15, 0.2) is 49.1 Å². The molecule has 1 fully saturated rings. The Bertz CT molecular complexity index is 969. The second-order valence-corrected chi connectivity index (χ2v) is 7.42. The van der Waals surface area contributed by atoms with E-state index in [0.29, 0.717) is 17.4 Å². The molecule has 7 heteroatoms. The lowest BCUT2D eigenvalue weighted by Crippen LogP contribution is -2.41. The van der Waals surface area contributed by atoms with Crippen LogP contribution < -0.4 is 4.74 Å². The highest BCUT2D eigenvalue weighted by Gasteiger charge is 2.26. The fraction of sp³-hybridized carbons (Fsp3) is 0.364. The molecular formula is C22H25N5O2. The van der Waals surface area contributed by atoms with Gasteiger partial charge in [0.1, 0.15) is 5.82 Å². The fourth-order valence-corrected chi connectivity index (χ4v) is 3.89. The number of nitrogens with zero attached hydrogens (tertiary/aromatic N) is 5. The molecule has 3 aromatic heterocycles. The van der Waals surface area contributed by atoms with Crippen LogP contribution in [0.25, 0.3) is 11.4 Å². The zero-order valence-electron chi connectivity index (χ0n) is 16.8. The molecule has 4 rings (SSSR count). The van der Waals surface area contributed by atoms with Gasteiger partial charge in [-0.3, -0.25) is 9.78 Å². The van der Waals surface area contributed by atoms with Gasteiger partial charge in [-0.1, -0.05) is 0 Å². The third-order valence-electron chi connectivity index (χ3n) is 5.43. The molecule has 29 heavy (non-hydrogen) atoms. The summed E-state index contributed by atoms with van der Waals surface area (Å²) in [6.45, 7) is 4.43. The molecule has 0 aromatic carbocycles. The predicted octanol–water partition coefficient (Wildman–Crippen LogP) is 3.21. The molecule has 1 atom stereocenters. The molecule has 1 aliphatic rings. The van der Waals surface area contributed by atoms with Crippen LogP contribution in [-0.2, 0) is 6.54 Å². The lowest BCUT2D eigenvalue weighted by Gasteiger charge is -2.33. The van der Waals surface area contributed by atoms with Crippen molar-refractivity contribution < 1.29 is 9.53 Å². The van der Waals surface area contributed by atoms with Gasteiger partial charge < -0.3 is 14.2 Å². The van der Waals surface area contributed by atoms with Gasteiger partial charge in [-0.2, -0.15) is 0 Å². The van der Waals surface area contributed by atoms with Crippen LogP contribution >= 0.6 is 0 Å². The Hall–Kier alpha value is -3.22.